The lowest BCUT2D eigenvalue weighted by Crippen LogP contribution is -2.38. The third-order valence-electron chi connectivity index (χ3n) is 4.98. The molecule has 0 fully saturated rings. The van der Waals surface area contributed by atoms with Gasteiger partial charge in [-0.15, -0.1) is 0 Å². The van der Waals surface area contributed by atoms with Crippen molar-refractivity contribution in [3.8, 4) is 17.0 Å². The molecular weight excluding hydrogens is 404 g/mol. The molecule has 1 aliphatic rings. The van der Waals surface area contributed by atoms with Crippen LogP contribution in [0.25, 0.3) is 11.3 Å². The van der Waals surface area contributed by atoms with Gasteiger partial charge in [0.1, 0.15) is 12.3 Å². The molecule has 0 bridgehead atoms. The SMILES string of the molecule is CC(C)N1CCOc2c(F)cc(-c3nc(Nc4ccc(C(N)=O)cc4)ncc3F)cc21. The number of nitrogens with one attached hydrogen (secondary N) is 1. The van der Waals surface area contributed by atoms with Crippen LogP contribution in [0.1, 0.15) is 24.2 Å². The highest BCUT2D eigenvalue weighted by Crippen LogP contribution is 2.39. The minimum Gasteiger partial charge on any atom is -0.486 e. The molecule has 0 saturated heterocycles. The number of rotatable bonds is 5. The summed E-state index contributed by atoms with van der Waals surface area (Å²) in [5.41, 5.74) is 6.97. The fourth-order valence-corrected chi connectivity index (χ4v) is 3.45. The van der Waals surface area contributed by atoms with Gasteiger partial charge in [0.05, 0.1) is 18.4 Å². The topological polar surface area (TPSA) is 93.4 Å². The van der Waals surface area contributed by atoms with Crippen molar-refractivity contribution in [1.82, 2.24) is 9.97 Å². The second kappa shape index (κ2) is 8.17. The van der Waals surface area contributed by atoms with E-state index in [4.69, 9.17) is 10.5 Å². The van der Waals surface area contributed by atoms with Gasteiger partial charge in [0.15, 0.2) is 17.4 Å². The van der Waals surface area contributed by atoms with Crippen molar-refractivity contribution in [2.45, 2.75) is 19.9 Å². The number of fused-ring (bicyclic) bond motifs is 1. The molecule has 2 heterocycles. The number of amides is 1. The standard InChI is InChI=1S/C22H21F2N5O2/c1-12(2)29-7-8-31-20-16(23)9-14(10-18(20)29)19-17(24)11-26-22(28-19)27-15-5-3-13(4-6-15)21(25)30/h3-6,9-12H,7-8H2,1-2H3,(H2,25,30)(H,26,27,28). The second-order valence-corrected chi connectivity index (χ2v) is 7.40. The largest absolute Gasteiger partial charge is 0.486 e. The Kier molecular flexibility index (Phi) is 5.41. The molecule has 7 nitrogen and oxygen atoms in total. The van der Waals surface area contributed by atoms with E-state index < -0.39 is 17.5 Å². The van der Waals surface area contributed by atoms with Crippen LogP contribution in [-0.4, -0.2) is 35.1 Å². The summed E-state index contributed by atoms with van der Waals surface area (Å²) in [6, 6.07) is 9.36. The number of primary amides is 1. The summed E-state index contributed by atoms with van der Waals surface area (Å²) < 4.78 is 34.8. The molecular formula is C22H21F2N5O2. The van der Waals surface area contributed by atoms with Crippen LogP contribution in [0.3, 0.4) is 0 Å². The van der Waals surface area contributed by atoms with E-state index in [0.717, 1.165) is 6.20 Å². The van der Waals surface area contributed by atoms with Crippen LogP contribution >= 0.6 is 0 Å². The zero-order chi connectivity index (χ0) is 22.1. The van der Waals surface area contributed by atoms with E-state index in [1.807, 2.05) is 18.7 Å². The van der Waals surface area contributed by atoms with Crippen molar-refractivity contribution in [2.75, 3.05) is 23.4 Å². The lowest BCUT2D eigenvalue weighted by atomic mass is 10.1. The monoisotopic (exact) mass is 425 g/mol. The highest BCUT2D eigenvalue weighted by atomic mass is 19.1. The Balaban J connectivity index is 1.69. The van der Waals surface area contributed by atoms with Gasteiger partial charge in [-0.3, -0.25) is 4.79 Å². The first-order valence-electron chi connectivity index (χ1n) is 9.76. The van der Waals surface area contributed by atoms with Gasteiger partial charge >= 0.3 is 0 Å². The second-order valence-electron chi connectivity index (χ2n) is 7.40. The first kappa shape index (κ1) is 20.5. The Bertz CT molecular complexity index is 1140. The minimum atomic E-state index is -0.679. The fraction of sp³-hybridized carbons (Fsp3) is 0.227. The van der Waals surface area contributed by atoms with Crippen LogP contribution in [0.2, 0.25) is 0 Å². The van der Waals surface area contributed by atoms with Crippen molar-refractivity contribution in [3.63, 3.8) is 0 Å². The van der Waals surface area contributed by atoms with Gasteiger partial charge in [-0.25, -0.2) is 18.7 Å². The Labute approximate surface area is 177 Å². The number of nitrogens with two attached hydrogens (primary N) is 1. The van der Waals surface area contributed by atoms with Crippen molar-refractivity contribution in [3.05, 3.63) is 59.8 Å². The maximum absolute atomic E-state index is 14.8. The molecule has 1 amide bonds. The molecule has 3 N–H and O–H groups in total. The van der Waals surface area contributed by atoms with Crippen molar-refractivity contribution >= 4 is 23.2 Å². The summed E-state index contributed by atoms with van der Waals surface area (Å²) in [6.07, 6.45) is 1.02. The Morgan fingerprint density at radius 2 is 1.94 bits per heavy atom. The molecule has 4 rings (SSSR count). The molecule has 31 heavy (non-hydrogen) atoms. The maximum atomic E-state index is 14.8. The molecule has 1 aromatic heterocycles. The average Bonchev–Trinajstić information content (AvgIpc) is 2.75. The molecule has 9 heteroatoms. The van der Waals surface area contributed by atoms with E-state index in [-0.39, 0.29) is 29.0 Å². The first-order valence-corrected chi connectivity index (χ1v) is 9.76. The summed E-state index contributed by atoms with van der Waals surface area (Å²) in [5, 5.41) is 2.94. The van der Waals surface area contributed by atoms with E-state index in [2.05, 4.69) is 15.3 Å². The quantitative estimate of drug-likeness (QED) is 0.645. The van der Waals surface area contributed by atoms with Gasteiger partial charge in [0.2, 0.25) is 11.9 Å². The molecule has 1 aliphatic heterocycles. The van der Waals surface area contributed by atoms with Gasteiger partial charge in [-0.05, 0) is 50.2 Å². The summed E-state index contributed by atoms with van der Waals surface area (Å²) in [4.78, 5) is 21.4. The summed E-state index contributed by atoms with van der Waals surface area (Å²) >= 11 is 0. The predicted molar refractivity (Wildman–Crippen MR) is 114 cm³/mol. The molecule has 0 saturated carbocycles. The Morgan fingerprint density at radius 1 is 1.19 bits per heavy atom. The van der Waals surface area contributed by atoms with Gasteiger partial charge in [-0.2, -0.15) is 0 Å². The molecule has 0 spiro atoms. The summed E-state index contributed by atoms with van der Waals surface area (Å²) in [5.74, 6) is -1.51. The third kappa shape index (κ3) is 4.11. The molecule has 0 radical (unpaired) electrons. The van der Waals surface area contributed by atoms with Crippen LogP contribution in [-0.2, 0) is 0 Å². The number of benzene rings is 2. The number of nitrogens with zero attached hydrogens (tertiary/aromatic N) is 3. The highest BCUT2D eigenvalue weighted by molar-refractivity contribution is 5.93. The molecule has 0 atom stereocenters. The normalized spacial score (nSPS) is 13.0. The molecule has 0 aliphatic carbocycles. The number of aromatic nitrogens is 2. The van der Waals surface area contributed by atoms with Gasteiger partial charge in [-0.1, -0.05) is 0 Å². The average molecular weight is 425 g/mol. The number of halogens is 2. The van der Waals surface area contributed by atoms with E-state index in [1.165, 1.54) is 6.07 Å². The van der Waals surface area contributed by atoms with Gasteiger partial charge in [0, 0.05) is 22.9 Å². The lowest BCUT2D eigenvalue weighted by Gasteiger charge is -2.34. The molecule has 0 unspecified atom stereocenters. The van der Waals surface area contributed by atoms with Crippen molar-refractivity contribution in [2.24, 2.45) is 5.73 Å². The smallest absolute Gasteiger partial charge is 0.248 e. The number of hydrogen-bond acceptors (Lipinski definition) is 6. The van der Waals surface area contributed by atoms with E-state index in [9.17, 15) is 13.6 Å². The van der Waals surface area contributed by atoms with Crippen LogP contribution in [0.15, 0.2) is 42.6 Å². The zero-order valence-electron chi connectivity index (χ0n) is 17.0. The number of carbonyl (C=O) groups excluding carboxylic acids is 1. The Morgan fingerprint density at radius 3 is 2.61 bits per heavy atom. The number of hydrogen-bond donors (Lipinski definition) is 2. The number of anilines is 3. The number of ether oxygens (including phenoxy) is 1. The zero-order valence-corrected chi connectivity index (χ0v) is 17.0. The van der Waals surface area contributed by atoms with Crippen LogP contribution < -0.4 is 20.7 Å². The van der Waals surface area contributed by atoms with E-state index in [0.29, 0.717) is 30.1 Å². The van der Waals surface area contributed by atoms with Crippen LogP contribution in [0.4, 0.5) is 26.1 Å². The summed E-state index contributed by atoms with van der Waals surface area (Å²) in [6.45, 7) is 4.98. The molecule has 2 aromatic carbocycles. The number of carbonyl (C=O) groups is 1. The first-order chi connectivity index (χ1) is 14.8. The van der Waals surface area contributed by atoms with Crippen molar-refractivity contribution < 1.29 is 18.3 Å². The molecule has 160 valence electrons. The highest BCUT2D eigenvalue weighted by Gasteiger charge is 2.25. The third-order valence-corrected chi connectivity index (χ3v) is 4.98. The van der Waals surface area contributed by atoms with E-state index in [1.54, 1.807) is 30.3 Å². The van der Waals surface area contributed by atoms with Gasteiger partial charge in [0.25, 0.3) is 0 Å². The lowest BCUT2D eigenvalue weighted by molar-refractivity contribution is 0.100. The fourth-order valence-electron chi connectivity index (χ4n) is 3.45. The predicted octanol–water partition coefficient (Wildman–Crippen LogP) is 3.87. The Hall–Kier alpha value is -3.75. The summed E-state index contributed by atoms with van der Waals surface area (Å²) in [7, 11) is 0. The minimum absolute atomic E-state index is 0.0396. The van der Waals surface area contributed by atoms with Gasteiger partial charge < -0.3 is 20.7 Å². The van der Waals surface area contributed by atoms with E-state index >= 15 is 0 Å². The van der Waals surface area contributed by atoms with Crippen molar-refractivity contribution in [1.29, 1.82) is 0 Å². The van der Waals surface area contributed by atoms with Crippen LogP contribution in [0, 0.1) is 11.6 Å². The maximum Gasteiger partial charge on any atom is 0.248 e. The van der Waals surface area contributed by atoms with Crippen LogP contribution in [0.5, 0.6) is 5.75 Å². The molecule has 3 aromatic rings.